The average molecular weight is 645 g/mol. The van der Waals surface area contributed by atoms with Gasteiger partial charge in [-0.15, -0.1) is 0 Å². The average Bonchev–Trinajstić information content (AvgIpc) is 3.13. The molecular weight excluding hydrogens is 601 g/mol. The molecule has 8 aromatic carbocycles. The number of hydrogen-bond acceptors (Lipinski definition) is 0. The third-order valence-electron chi connectivity index (χ3n) is 10.5. The second-order valence-electron chi connectivity index (χ2n) is 15.8. The molecule has 0 heteroatoms. The zero-order valence-corrected chi connectivity index (χ0v) is 30.0. The van der Waals surface area contributed by atoms with E-state index in [9.17, 15) is 0 Å². The molecule has 8 rings (SSSR count). The van der Waals surface area contributed by atoms with Crippen LogP contribution in [0, 0.1) is 0 Å². The molecular formula is C50H44. The Morgan fingerprint density at radius 3 is 0.700 bits per heavy atom. The summed E-state index contributed by atoms with van der Waals surface area (Å²) in [7, 11) is 0. The van der Waals surface area contributed by atoms with Gasteiger partial charge in [0.15, 0.2) is 0 Å². The SMILES string of the molecule is CC(C)(C)c1ccc(-c2ccc(-c3ccc(-c4ccc(-c5ccc(C(C)(C)C)cc5)c5ccccc45)c4ccccc34)c3ccccc23)cc1. The van der Waals surface area contributed by atoms with Gasteiger partial charge < -0.3 is 0 Å². The maximum atomic E-state index is 2.34. The molecule has 0 spiro atoms. The van der Waals surface area contributed by atoms with E-state index in [-0.39, 0.29) is 10.8 Å². The lowest BCUT2D eigenvalue weighted by Crippen LogP contribution is -2.10. The minimum absolute atomic E-state index is 0.129. The van der Waals surface area contributed by atoms with Crippen molar-refractivity contribution in [3.63, 3.8) is 0 Å². The molecule has 0 heterocycles. The van der Waals surface area contributed by atoms with E-state index in [0.29, 0.717) is 0 Å². The first-order valence-corrected chi connectivity index (χ1v) is 17.9. The Kier molecular flexibility index (Phi) is 7.72. The van der Waals surface area contributed by atoms with Crippen molar-refractivity contribution in [3.05, 3.63) is 169 Å². The fourth-order valence-corrected chi connectivity index (χ4v) is 7.64. The fourth-order valence-electron chi connectivity index (χ4n) is 7.64. The molecule has 8 aromatic rings. The monoisotopic (exact) mass is 644 g/mol. The molecule has 0 aliphatic heterocycles. The summed E-state index contributed by atoms with van der Waals surface area (Å²) in [5.41, 5.74) is 13.0. The van der Waals surface area contributed by atoms with Gasteiger partial charge in [0.2, 0.25) is 0 Å². The summed E-state index contributed by atoms with van der Waals surface area (Å²) in [6.45, 7) is 13.6. The Hall–Kier alpha value is -5.46. The van der Waals surface area contributed by atoms with Crippen LogP contribution in [0.2, 0.25) is 0 Å². The standard InChI is InChI=1S/C50H44/c1-49(2,3)35-23-19-33(20-24-35)37-27-29-45(41-15-9-7-13-39(37)41)47-31-32-48(44-18-12-11-17-43(44)47)46-30-28-38(40-14-8-10-16-42(40)46)34-21-25-36(26-22-34)50(4,5)6/h7-32H,1-6H3. The molecule has 0 fully saturated rings. The Labute approximate surface area is 297 Å². The lowest BCUT2D eigenvalue weighted by molar-refractivity contribution is 0.590. The number of hydrogen-bond donors (Lipinski definition) is 0. The quantitative estimate of drug-likeness (QED) is 0.179. The van der Waals surface area contributed by atoms with E-state index in [2.05, 4.69) is 199 Å². The predicted molar refractivity (Wildman–Crippen MR) is 218 cm³/mol. The predicted octanol–water partition coefficient (Wildman–Crippen LogP) is 14.4. The molecule has 0 aliphatic carbocycles. The van der Waals surface area contributed by atoms with E-state index >= 15 is 0 Å². The highest BCUT2D eigenvalue weighted by Crippen LogP contribution is 2.43. The van der Waals surface area contributed by atoms with Crippen molar-refractivity contribution in [1.29, 1.82) is 0 Å². The Bertz CT molecular complexity index is 2340. The van der Waals surface area contributed by atoms with Crippen LogP contribution in [0.3, 0.4) is 0 Å². The van der Waals surface area contributed by atoms with Crippen LogP contribution in [-0.2, 0) is 10.8 Å². The van der Waals surface area contributed by atoms with E-state index in [1.165, 1.54) is 88.0 Å². The highest BCUT2D eigenvalue weighted by Gasteiger charge is 2.18. The van der Waals surface area contributed by atoms with Gasteiger partial charge in [0.1, 0.15) is 0 Å². The van der Waals surface area contributed by atoms with Crippen LogP contribution in [-0.4, -0.2) is 0 Å². The van der Waals surface area contributed by atoms with Crippen molar-refractivity contribution in [1.82, 2.24) is 0 Å². The molecule has 0 amide bonds. The third-order valence-corrected chi connectivity index (χ3v) is 10.5. The maximum Gasteiger partial charge on any atom is -0.00987 e. The first kappa shape index (κ1) is 31.8. The van der Waals surface area contributed by atoms with Gasteiger partial charge in [-0.1, -0.05) is 199 Å². The summed E-state index contributed by atoms with van der Waals surface area (Å²) in [4.78, 5) is 0. The molecule has 0 bridgehead atoms. The van der Waals surface area contributed by atoms with Gasteiger partial charge in [-0.25, -0.2) is 0 Å². The highest BCUT2D eigenvalue weighted by atomic mass is 14.2. The van der Waals surface area contributed by atoms with E-state index < -0.39 is 0 Å². The van der Waals surface area contributed by atoms with Gasteiger partial charge in [-0.2, -0.15) is 0 Å². The first-order chi connectivity index (χ1) is 24.1. The number of benzene rings is 8. The molecule has 244 valence electrons. The summed E-state index contributed by atoms with van der Waals surface area (Å²) in [6.07, 6.45) is 0. The van der Waals surface area contributed by atoms with Crippen molar-refractivity contribution in [2.75, 3.05) is 0 Å². The number of fused-ring (bicyclic) bond motifs is 3. The van der Waals surface area contributed by atoms with Crippen LogP contribution in [0.4, 0.5) is 0 Å². The normalized spacial score (nSPS) is 12.2. The minimum atomic E-state index is 0.129. The molecule has 0 nitrogen and oxygen atoms in total. The van der Waals surface area contributed by atoms with E-state index in [1.54, 1.807) is 0 Å². The number of rotatable bonds is 4. The van der Waals surface area contributed by atoms with Crippen LogP contribution in [0.25, 0.3) is 76.8 Å². The van der Waals surface area contributed by atoms with Crippen LogP contribution in [0.15, 0.2) is 158 Å². The van der Waals surface area contributed by atoms with Gasteiger partial charge in [0, 0.05) is 0 Å². The second-order valence-corrected chi connectivity index (χ2v) is 15.8. The highest BCUT2D eigenvalue weighted by molar-refractivity contribution is 6.15. The van der Waals surface area contributed by atoms with E-state index in [0.717, 1.165) is 0 Å². The Morgan fingerprint density at radius 2 is 0.460 bits per heavy atom. The Morgan fingerprint density at radius 1 is 0.240 bits per heavy atom. The van der Waals surface area contributed by atoms with Crippen LogP contribution < -0.4 is 0 Å². The third kappa shape index (κ3) is 5.60. The molecule has 0 saturated heterocycles. The minimum Gasteiger partial charge on any atom is -0.0616 e. The zero-order chi connectivity index (χ0) is 34.6. The maximum absolute atomic E-state index is 2.34. The first-order valence-electron chi connectivity index (χ1n) is 17.9. The summed E-state index contributed by atoms with van der Waals surface area (Å²) >= 11 is 0. The molecule has 0 aliphatic rings. The van der Waals surface area contributed by atoms with Gasteiger partial charge in [0.05, 0.1) is 0 Å². The van der Waals surface area contributed by atoms with Crippen molar-refractivity contribution in [3.8, 4) is 44.5 Å². The molecule has 0 radical (unpaired) electrons. The second kappa shape index (κ2) is 12.1. The molecule has 0 unspecified atom stereocenters. The molecule has 0 saturated carbocycles. The fraction of sp³-hybridized carbons (Fsp3) is 0.160. The van der Waals surface area contributed by atoms with Crippen LogP contribution in [0.5, 0.6) is 0 Å². The lowest BCUT2D eigenvalue weighted by Gasteiger charge is -2.20. The van der Waals surface area contributed by atoms with Gasteiger partial charge in [-0.05, 0) is 98.8 Å². The van der Waals surface area contributed by atoms with Gasteiger partial charge in [-0.3, -0.25) is 0 Å². The molecule has 0 N–H and O–H groups in total. The molecule has 0 atom stereocenters. The zero-order valence-electron chi connectivity index (χ0n) is 30.0. The largest absolute Gasteiger partial charge is 0.0616 e. The summed E-state index contributed by atoms with van der Waals surface area (Å²) in [5, 5.41) is 7.63. The van der Waals surface area contributed by atoms with Gasteiger partial charge in [0.25, 0.3) is 0 Å². The Balaban J connectivity index is 1.26. The lowest BCUT2D eigenvalue weighted by atomic mass is 9.84. The van der Waals surface area contributed by atoms with Crippen molar-refractivity contribution in [2.24, 2.45) is 0 Å². The van der Waals surface area contributed by atoms with Crippen LogP contribution in [0.1, 0.15) is 52.7 Å². The molecule has 50 heavy (non-hydrogen) atoms. The van der Waals surface area contributed by atoms with Crippen LogP contribution >= 0.6 is 0 Å². The van der Waals surface area contributed by atoms with Crippen molar-refractivity contribution < 1.29 is 0 Å². The topological polar surface area (TPSA) is 0 Å². The van der Waals surface area contributed by atoms with Crippen molar-refractivity contribution in [2.45, 2.75) is 52.4 Å². The smallest absolute Gasteiger partial charge is 0.00987 e. The van der Waals surface area contributed by atoms with Crippen molar-refractivity contribution >= 4 is 32.3 Å². The summed E-state index contributed by atoms with van der Waals surface area (Å²) in [6, 6.07) is 58.9. The van der Waals surface area contributed by atoms with E-state index in [4.69, 9.17) is 0 Å². The van der Waals surface area contributed by atoms with E-state index in [1.807, 2.05) is 0 Å². The molecule has 0 aromatic heterocycles. The summed E-state index contributed by atoms with van der Waals surface area (Å²) in [5.74, 6) is 0. The van der Waals surface area contributed by atoms with Gasteiger partial charge >= 0.3 is 0 Å². The summed E-state index contributed by atoms with van der Waals surface area (Å²) < 4.78 is 0.